The number of aromatic nitrogens is 3. The van der Waals surface area contributed by atoms with Crippen LogP contribution in [-0.4, -0.2) is 21.1 Å². The van der Waals surface area contributed by atoms with Crippen molar-refractivity contribution < 1.29 is 4.79 Å². The summed E-state index contributed by atoms with van der Waals surface area (Å²) in [5, 5.41) is 10.1. The number of H-pyrrole nitrogens is 1. The summed E-state index contributed by atoms with van der Waals surface area (Å²) in [5.74, 6) is 0.361. The molecular formula is C12H12Cl2N4O. The first kappa shape index (κ1) is 13.8. The summed E-state index contributed by atoms with van der Waals surface area (Å²) < 4.78 is 0. The Morgan fingerprint density at radius 2 is 2.11 bits per heavy atom. The molecule has 2 N–H and O–H groups in total. The quantitative estimate of drug-likeness (QED) is 0.915. The monoisotopic (exact) mass is 298 g/mol. The number of benzene rings is 1. The first-order valence-electron chi connectivity index (χ1n) is 5.62. The zero-order chi connectivity index (χ0) is 14.0. The van der Waals surface area contributed by atoms with Gasteiger partial charge in [-0.05, 0) is 31.5 Å². The average Bonchev–Trinajstić information content (AvgIpc) is 2.79. The number of carbonyl (C=O) groups is 1. The van der Waals surface area contributed by atoms with Crippen LogP contribution in [0.3, 0.4) is 0 Å². The zero-order valence-corrected chi connectivity index (χ0v) is 11.9. The Balaban J connectivity index is 2.10. The van der Waals surface area contributed by atoms with Crippen molar-refractivity contribution in [2.24, 2.45) is 0 Å². The lowest BCUT2D eigenvalue weighted by molar-refractivity contribution is 0.0929. The fourth-order valence-electron chi connectivity index (χ4n) is 1.57. The minimum atomic E-state index is -0.345. The molecule has 0 aliphatic carbocycles. The van der Waals surface area contributed by atoms with Gasteiger partial charge in [0.15, 0.2) is 0 Å². The zero-order valence-electron chi connectivity index (χ0n) is 10.4. The predicted octanol–water partition coefficient (Wildman–Crippen LogP) is 2.91. The second-order valence-electron chi connectivity index (χ2n) is 4.11. The van der Waals surface area contributed by atoms with E-state index in [4.69, 9.17) is 23.2 Å². The Morgan fingerprint density at radius 1 is 1.37 bits per heavy atom. The number of halogens is 2. The summed E-state index contributed by atoms with van der Waals surface area (Å²) in [7, 11) is 0. The molecule has 100 valence electrons. The third kappa shape index (κ3) is 3.24. The molecular weight excluding hydrogens is 287 g/mol. The van der Waals surface area contributed by atoms with Crippen LogP contribution in [0.25, 0.3) is 0 Å². The average molecular weight is 299 g/mol. The number of amides is 1. The number of rotatable bonds is 3. The maximum Gasteiger partial charge on any atom is 0.291 e. The van der Waals surface area contributed by atoms with Crippen LogP contribution < -0.4 is 5.32 Å². The third-order valence-corrected chi connectivity index (χ3v) is 3.33. The van der Waals surface area contributed by atoms with Gasteiger partial charge >= 0.3 is 0 Å². The predicted molar refractivity (Wildman–Crippen MR) is 73.5 cm³/mol. The van der Waals surface area contributed by atoms with E-state index < -0.39 is 0 Å². The molecule has 7 heteroatoms. The van der Waals surface area contributed by atoms with Crippen LogP contribution in [0, 0.1) is 6.92 Å². The third-order valence-electron chi connectivity index (χ3n) is 2.59. The maximum atomic E-state index is 11.9. The van der Waals surface area contributed by atoms with Crippen molar-refractivity contribution >= 4 is 29.1 Å². The molecule has 2 rings (SSSR count). The van der Waals surface area contributed by atoms with Gasteiger partial charge in [0.25, 0.3) is 5.91 Å². The van der Waals surface area contributed by atoms with E-state index in [-0.39, 0.29) is 17.8 Å². The highest BCUT2D eigenvalue weighted by Crippen LogP contribution is 2.25. The van der Waals surface area contributed by atoms with Gasteiger partial charge in [-0.15, -0.1) is 5.10 Å². The molecule has 1 aromatic heterocycles. The lowest BCUT2D eigenvalue weighted by Gasteiger charge is -2.13. The van der Waals surface area contributed by atoms with Crippen molar-refractivity contribution in [2.75, 3.05) is 0 Å². The summed E-state index contributed by atoms with van der Waals surface area (Å²) in [6.45, 7) is 3.57. The number of hydrogen-bond acceptors (Lipinski definition) is 3. The molecule has 0 saturated heterocycles. The molecule has 5 nitrogen and oxygen atoms in total. The molecule has 1 heterocycles. The van der Waals surface area contributed by atoms with E-state index in [0.29, 0.717) is 15.9 Å². The highest BCUT2D eigenvalue weighted by atomic mass is 35.5. The van der Waals surface area contributed by atoms with Crippen LogP contribution in [-0.2, 0) is 0 Å². The van der Waals surface area contributed by atoms with Gasteiger partial charge in [0.05, 0.1) is 16.1 Å². The minimum absolute atomic E-state index is 0.115. The van der Waals surface area contributed by atoms with Crippen LogP contribution in [0.1, 0.15) is 35.0 Å². The Bertz CT molecular complexity index is 612. The van der Waals surface area contributed by atoms with E-state index in [0.717, 1.165) is 5.56 Å². The second kappa shape index (κ2) is 5.59. The molecule has 0 bridgehead atoms. The standard InChI is InChI=1S/C12H12Cl2N4O/c1-6(8-3-4-9(13)10(14)5-8)15-12(19)11-16-7(2)17-18-11/h3-6H,1-2H3,(H,15,19)(H,16,17,18). The van der Waals surface area contributed by atoms with Crippen molar-refractivity contribution in [1.82, 2.24) is 20.5 Å². The summed E-state index contributed by atoms with van der Waals surface area (Å²) in [5.41, 5.74) is 0.856. The molecule has 19 heavy (non-hydrogen) atoms. The van der Waals surface area contributed by atoms with Gasteiger partial charge in [-0.3, -0.25) is 9.89 Å². The summed E-state index contributed by atoms with van der Waals surface area (Å²) in [4.78, 5) is 15.8. The highest BCUT2D eigenvalue weighted by Gasteiger charge is 2.15. The first-order valence-corrected chi connectivity index (χ1v) is 6.38. The Morgan fingerprint density at radius 3 is 2.68 bits per heavy atom. The number of aryl methyl sites for hydroxylation is 1. The van der Waals surface area contributed by atoms with Gasteiger partial charge < -0.3 is 5.32 Å². The van der Waals surface area contributed by atoms with E-state index in [1.54, 1.807) is 19.1 Å². The van der Waals surface area contributed by atoms with Gasteiger partial charge in [-0.25, -0.2) is 4.98 Å². The van der Waals surface area contributed by atoms with Crippen LogP contribution in [0.2, 0.25) is 10.0 Å². The Hall–Kier alpha value is -1.59. The summed E-state index contributed by atoms with van der Waals surface area (Å²) in [6.07, 6.45) is 0. The fourth-order valence-corrected chi connectivity index (χ4v) is 1.88. The van der Waals surface area contributed by atoms with Crippen molar-refractivity contribution in [2.45, 2.75) is 19.9 Å². The van der Waals surface area contributed by atoms with Gasteiger partial charge in [0.1, 0.15) is 5.82 Å². The smallest absolute Gasteiger partial charge is 0.291 e. The molecule has 1 amide bonds. The lowest BCUT2D eigenvalue weighted by atomic mass is 10.1. The molecule has 1 aromatic carbocycles. The van der Waals surface area contributed by atoms with E-state index in [1.165, 1.54) is 0 Å². The first-order chi connectivity index (χ1) is 8.97. The van der Waals surface area contributed by atoms with Gasteiger partial charge in [0.2, 0.25) is 5.82 Å². The van der Waals surface area contributed by atoms with Crippen LogP contribution in [0.4, 0.5) is 0 Å². The van der Waals surface area contributed by atoms with Gasteiger partial charge in [-0.1, -0.05) is 29.3 Å². The SMILES string of the molecule is Cc1nc(C(=O)NC(C)c2ccc(Cl)c(Cl)c2)n[nH]1. The van der Waals surface area contributed by atoms with Crippen LogP contribution in [0.15, 0.2) is 18.2 Å². The van der Waals surface area contributed by atoms with E-state index >= 15 is 0 Å². The highest BCUT2D eigenvalue weighted by molar-refractivity contribution is 6.42. The largest absolute Gasteiger partial charge is 0.343 e. The van der Waals surface area contributed by atoms with E-state index in [9.17, 15) is 4.79 Å². The van der Waals surface area contributed by atoms with Crippen molar-refractivity contribution in [3.05, 3.63) is 45.5 Å². The van der Waals surface area contributed by atoms with Crippen molar-refractivity contribution in [1.29, 1.82) is 0 Å². The minimum Gasteiger partial charge on any atom is -0.343 e. The Labute approximate surface area is 120 Å². The fraction of sp³-hybridized carbons (Fsp3) is 0.250. The van der Waals surface area contributed by atoms with Crippen molar-refractivity contribution in [3.8, 4) is 0 Å². The molecule has 0 aliphatic rings. The molecule has 0 saturated carbocycles. The molecule has 1 unspecified atom stereocenters. The molecule has 0 spiro atoms. The number of nitrogens with one attached hydrogen (secondary N) is 2. The Kier molecular flexibility index (Phi) is 4.07. The van der Waals surface area contributed by atoms with E-state index in [1.807, 2.05) is 13.0 Å². The molecule has 1 atom stereocenters. The second-order valence-corrected chi connectivity index (χ2v) is 4.93. The summed E-state index contributed by atoms with van der Waals surface area (Å²) in [6, 6.07) is 5.00. The van der Waals surface area contributed by atoms with Crippen LogP contribution >= 0.6 is 23.2 Å². The number of carbonyl (C=O) groups excluding carboxylic acids is 1. The normalized spacial score (nSPS) is 12.2. The number of nitrogens with zero attached hydrogens (tertiary/aromatic N) is 2. The molecule has 0 radical (unpaired) electrons. The number of aromatic amines is 1. The topological polar surface area (TPSA) is 70.7 Å². The maximum absolute atomic E-state index is 11.9. The van der Waals surface area contributed by atoms with Crippen LogP contribution in [0.5, 0.6) is 0 Å². The summed E-state index contributed by atoms with van der Waals surface area (Å²) >= 11 is 11.8. The van der Waals surface area contributed by atoms with E-state index in [2.05, 4.69) is 20.5 Å². The van der Waals surface area contributed by atoms with Gasteiger partial charge in [-0.2, -0.15) is 0 Å². The lowest BCUT2D eigenvalue weighted by Crippen LogP contribution is -2.27. The molecule has 0 aliphatic heterocycles. The van der Waals surface area contributed by atoms with Gasteiger partial charge in [0, 0.05) is 0 Å². The number of hydrogen-bond donors (Lipinski definition) is 2. The molecule has 2 aromatic rings. The molecule has 0 fully saturated rings. The van der Waals surface area contributed by atoms with Crippen molar-refractivity contribution in [3.63, 3.8) is 0 Å².